The van der Waals surface area contributed by atoms with Crippen LogP contribution in [0.15, 0.2) is 0 Å². The summed E-state index contributed by atoms with van der Waals surface area (Å²) in [4.78, 5) is 22.8. The van der Waals surface area contributed by atoms with E-state index in [2.05, 4.69) is 5.32 Å². The van der Waals surface area contributed by atoms with Gasteiger partial charge in [-0.25, -0.2) is 13.2 Å². The van der Waals surface area contributed by atoms with Gasteiger partial charge in [0.05, 0.1) is 5.75 Å². The number of aliphatic carboxylic acids is 1. The minimum atomic E-state index is -3.23. The second-order valence-electron chi connectivity index (χ2n) is 4.43. The Hall–Kier alpha value is -1.15. The monoisotopic (exact) mass is 279 g/mol. The molecule has 8 heteroatoms. The zero-order valence-electron chi connectivity index (χ0n) is 10.1. The van der Waals surface area contributed by atoms with Crippen LogP contribution in [0.2, 0.25) is 0 Å². The van der Waals surface area contributed by atoms with Crippen LogP contribution in [0.3, 0.4) is 0 Å². The van der Waals surface area contributed by atoms with Gasteiger partial charge in [0.15, 0.2) is 0 Å². The van der Waals surface area contributed by atoms with E-state index in [0.717, 1.165) is 6.26 Å². The number of carboxylic acids is 1. The normalized spacial score (nSPS) is 19.2. The first kappa shape index (κ1) is 14.9. The summed E-state index contributed by atoms with van der Waals surface area (Å²) in [5.74, 6) is -1.96. The van der Waals surface area contributed by atoms with Crippen molar-refractivity contribution in [3.8, 4) is 0 Å². The second kappa shape index (κ2) is 5.66. The average Bonchev–Trinajstić information content (AvgIpc) is 2.26. The predicted octanol–water partition coefficient (Wildman–Crippen LogP) is -0.829. The summed E-state index contributed by atoms with van der Waals surface area (Å²) in [6.07, 6.45) is 1.18. The summed E-state index contributed by atoms with van der Waals surface area (Å²) >= 11 is 0. The highest BCUT2D eigenvalue weighted by molar-refractivity contribution is 7.90. The maximum absolute atomic E-state index is 11.6. The molecule has 0 aromatic heterocycles. The van der Waals surface area contributed by atoms with Crippen molar-refractivity contribution in [1.29, 1.82) is 0 Å². The van der Waals surface area contributed by atoms with Gasteiger partial charge in [-0.15, -0.1) is 0 Å². The van der Waals surface area contributed by atoms with Gasteiger partial charge in [-0.3, -0.25) is 4.79 Å². The molecule has 0 aromatic rings. The molecular formula is C10H17NO6S. The van der Waals surface area contributed by atoms with E-state index in [1.807, 2.05) is 0 Å². The molecule has 2 N–H and O–H groups in total. The Morgan fingerprint density at radius 2 is 1.89 bits per heavy atom. The molecule has 104 valence electrons. The molecule has 0 spiro atoms. The SMILES string of the molecule is CS(=O)(=O)CCC(=O)NC1(C(=O)O)CCOCC1. The van der Waals surface area contributed by atoms with Crippen LogP contribution in [-0.4, -0.2) is 56.2 Å². The highest BCUT2D eigenvalue weighted by Gasteiger charge is 2.41. The first-order chi connectivity index (χ1) is 8.25. The predicted molar refractivity (Wildman–Crippen MR) is 62.9 cm³/mol. The highest BCUT2D eigenvalue weighted by Crippen LogP contribution is 2.21. The Labute approximate surface area is 105 Å². The summed E-state index contributed by atoms with van der Waals surface area (Å²) in [5, 5.41) is 11.6. The fourth-order valence-electron chi connectivity index (χ4n) is 1.72. The number of hydrogen-bond donors (Lipinski definition) is 2. The number of hydrogen-bond acceptors (Lipinski definition) is 5. The molecule has 0 aromatic carbocycles. The van der Waals surface area contributed by atoms with Gasteiger partial charge in [0, 0.05) is 38.7 Å². The fourth-order valence-corrected chi connectivity index (χ4v) is 2.28. The first-order valence-corrected chi connectivity index (χ1v) is 7.61. The molecule has 0 aliphatic carbocycles. The zero-order valence-corrected chi connectivity index (χ0v) is 11.0. The molecule has 1 fully saturated rings. The van der Waals surface area contributed by atoms with E-state index >= 15 is 0 Å². The molecule has 0 saturated carbocycles. The van der Waals surface area contributed by atoms with E-state index in [0.29, 0.717) is 0 Å². The lowest BCUT2D eigenvalue weighted by Gasteiger charge is -2.33. The van der Waals surface area contributed by atoms with E-state index in [4.69, 9.17) is 4.74 Å². The van der Waals surface area contributed by atoms with Gasteiger partial charge in [0.25, 0.3) is 0 Å². The van der Waals surface area contributed by atoms with E-state index < -0.39 is 27.3 Å². The Bertz CT molecular complexity index is 424. The van der Waals surface area contributed by atoms with E-state index in [1.54, 1.807) is 0 Å². The van der Waals surface area contributed by atoms with Crippen LogP contribution in [-0.2, 0) is 24.2 Å². The molecule has 0 bridgehead atoms. The number of sulfone groups is 1. The van der Waals surface area contributed by atoms with Crippen LogP contribution >= 0.6 is 0 Å². The number of nitrogens with one attached hydrogen (secondary N) is 1. The molecule has 0 atom stereocenters. The standard InChI is InChI=1S/C10H17NO6S/c1-18(15,16)7-2-8(12)11-10(9(13)14)3-5-17-6-4-10/h2-7H2,1H3,(H,11,12)(H,13,14). The maximum Gasteiger partial charge on any atom is 0.329 e. The largest absolute Gasteiger partial charge is 0.480 e. The van der Waals surface area contributed by atoms with Gasteiger partial charge in [-0.1, -0.05) is 0 Å². The van der Waals surface area contributed by atoms with Crippen LogP contribution < -0.4 is 5.32 Å². The van der Waals surface area contributed by atoms with Gasteiger partial charge in [-0.2, -0.15) is 0 Å². The van der Waals surface area contributed by atoms with Crippen molar-refractivity contribution < 1.29 is 27.9 Å². The Morgan fingerprint density at radius 3 is 2.33 bits per heavy atom. The highest BCUT2D eigenvalue weighted by atomic mass is 32.2. The van der Waals surface area contributed by atoms with Gasteiger partial charge in [0.2, 0.25) is 5.91 Å². The second-order valence-corrected chi connectivity index (χ2v) is 6.69. The smallest absolute Gasteiger partial charge is 0.329 e. The first-order valence-electron chi connectivity index (χ1n) is 5.55. The Morgan fingerprint density at radius 1 is 1.33 bits per heavy atom. The van der Waals surface area contributed by atoms with Gasteiger partial charge < -0.3 is 15.2 Å². The summed E-state index contributed by atoms with van der Waals surface area (Å²) in [7, 11) is -3.23. The van der Waals surface area contributed by atoms with E-state index in [1.165, 1.54) is 0 Å². The molecule has 1 aliphatic rings. The van der Waals surface area contributed by atoms with Crippen molar-refractivity contribution in [2.75, 3.05) is 25.2 Å². The molecule has 0 unspecified atom stereocenters. The molecular weight excluding hydrogens is 262 g/mol. The van der Waals surface area contributed by atoms with Crippen LogP contribution in [0.4, 0.5) is 0 Å². The molecule has 1 amide bonds. The van der Waals surface area contributed by atoms with Gasteiger partial charge in [-0.05, 0) is 0 Å². The topological polar surface area (TPSA) is 110 Å². The van der Waals surface area contributed by atoms with Crippen molar-refractivity contribution in [3.63, 3.8) is 0 Å². The third-order valence-electron chi connectivity index (χ3n) is 2.83. The Kier molecular flexibility index (Phi) is 4.69. The number of rotatable bonds is 5. The maximum atomic E-state index is 11.6. The molecule has 1 heterocycles. The summed E-state index contributed by atoms with van der Waals surface area (Å²) in [5.41, 5.74) is -1.33. The molecule has 0 radical (unpaired) electrons. The van der Waals surface area contributed by atoms with Crippen LogP contribution in [0, 0.1) is 0 Å². The lowest BCUT2D eigenvalue weighted by atomic mass is 9.90. The molecule has 1 rings (SSSR count). The van der Waals surface area contributed by atoms with Crippen molar-refractivity contribution in [1.82, 2.24) is 5.32 Å². The third-order valence-corrected chi connectivity index (χ3v) is 3.78. The number of ether oxygens (including phenoxy) is 1. The summed E-state index contributed by atoms with van der Waals surface area (Å²) in [6.45, 7) is 0.525. The summed E-state index contributed by atoms with van der Waals surface area (Å²) < 4.78 is 26.9. The third kappa shape index (κ3) is 4.26. The van der Waals surface area contributed by atoms with E-state index in [9.17, 15) is 23.1 Å². The van der Waals surface area contributed by atoms with Gasteiger partial charge in [0.1, 0.15) is 15.4 Å². The lowest BCUT2D eigenvalue weighted by Crippen LogP contribution is -2.57. The molecule has 18 heavy (non-hydrogen) atoms. The van der Waals surface area contributed by atoms with Crippen molar-refractivity contribution in [3.05, 3.63) is 0 Å². The lowest BCUT2D eigenvalue weighted by molar-refractivity contribution is -0.152. The number of carboxylic acid groups (broad SMARTS) is 1. The van der Waals surface area contributed by atoms with E-state index in [-0.39, 0.29) is 38.2 Å². The Balaban J connectivity index is 2.61. The zero-order chi connectivity index (χ0) is 13.8. The molecule has 7 nitrogen and oxygen atoms in total. The van der Waals surface area contributed by atoms with Crippen molar-refractivity contribution in [2.45, 2.75) is 24.8 Å². The minimum Gasteiger partial charge on any atom is -0.480 e. The summed E-state index contributed by atoms with van der Waals surface area (Å²) in [6, 6.07) is 0. The molecule has 1 aliphatic heterocycles. The van der Waals surface area contributed by atoms with Crippen LogP contribution in [0.5, 0.6) is 0 Å². The van der Waals surface area contributed by atoms with Crippen LogP contribution in [0.1, 0.15) is 19.3 Å². The van der Waals surface area contributed by atoms with Crippen molar-refractivity contribution in [2.24, 2.45) is 0 Å². The average molecular weight is 279 g/mol. The van der Waals surface area contributed by atoms with Crippen molar-refractivity contribution >= 4 is 21.7 Å². The number of carbonyl (C=O) groups is 2. The minimum absolute atomic E-state index is 0.187. The van der Waals surface area contributed by atoms with Gasteiger partial charge >= 0.3 is 5.97 Å². The fraction of sp³-hybridized carbons (Fsp3) is 0.800. The quantitative estimate of drug-likeness (QED) is 0.680. The van der Waals surface area contributed by atoms with Crippen LogP contribution in [0.25, 0.3) is 0 Å². The number of carbonyl (C=O) groups excluding carboxylic acids is 1. The molecule has 1 saturated heterocycles. The number of amides is 1.